The summed E-state index contributed by atoms with van der Waals surface area (Å²) in [5.74, 6) is -1.19. The molecule has 108 valence electrons. The van der Waals surface area contributed by atoms with Crippen LogP contribution in [0.1, 0.15) is 26.7 Å². The summed E-state index contributed by atoms with van der Waals surface area (Å²) < 4.78 is 0. The molecular weight excluding hydrogens is 250 g/mol. The predicted molar refractivity (Wildman–Crippen MR) is 68.6 cm³/mol. The van der Waals surface area contributed by atoms with Crippen molar-refractivity contribution in [2.24, 2.45) is 5.92 Å². The lowest BCUT2D eigenvalue weighted by atomic mass is 10.0. The van der Waals surface area contributed by atoms with Gasteiger partial charge in [-0.05, 0) is 12.3 Å². The number of nitrogens with one attached hydrogen (secondary N) is 2. The van der Waals surface area contributed by atoms with Gasteiger partial charge in [0.25, 0.3) is 0 Å². The van der Waals surface area contributed by atoms with Gasteiger partial charge in [0.05, 0.1) is 0 Å². The van der Waals surface area contributed by atoms with Gasteiger partial charge >= 0.3 is 12.0 Å². The summed E-state index contributed by atoms with van der Waals surface area (Å²) in [6.07, 6.45) is 0.976. The number of nitrogens with zero attached hydrogens (tertiary/aromatic N) is 1. The maximum absolute atomic E-state index is 11.7. The second-order valence-corrected chi connectivity index (χ2v) is 5.19. The molecule has 1 heterocycles. The Bertz CT molecular complexity index is 370. The Labute approximate surface area is 112 Å². The normalized spacial score (nSPS) is 21.2. The molecule has 0 saturated carbocycles. The Morgan fingerprint density at radius 1 is 1.42 bits per heavy atom. The number of likely N-dealkylation sites (tertiary alicyclic amines) is 1. The number of aliphatic carboxylic acids is 1. The minimum absolute atomic E-state index is 0.0593. The number of rotatable bonds is 4. The number of hydrogen-bond acceptors (Lipinski definition) is 3. The molecule has 3 N–H and O–H groups in total. The van der Waals surface area contributed by atoms with E-state index in [0.717, 1.165) is 0 Å². The summed E-state index contributed by atoms with van der Waals surface area (Å²) in [5.41, 5.74) is 0. The third kappa shape index (κ3) is 4.42. The van der Waals surface area contributed by atoms with Crippen LogP contribution in [0.4, 0.5) is 4.79 Å². The van der Waals surface area contributed by atoms with E-state index in [1.54, 1.807) is 25.8 Å². The molecule has 0 aromatic rings. The summed E-state index contributed by atoms with van der Waals surface area (Å²) >= 11 is 0. The molecule has 2 unspecified atom stereocenters. The fourth-order valence-corrected chi connectivity index (χ4v) is 2.01. The van der Waals surface area contributed by atoms with Crippen LogP contribution < -0.4 is 10.6 Å². The summed E-state index contributed by atoms with van der Waals surface area (Å²) in [5, 5.41) is 14.1. The molecule has 19 heavy (non-hydrogen) atoms. The molecule has 3 amide bonds. The van der Waals surface area contributed by atoms with Crippen molar-refractivity contribution >= 4 is 17.9 Å². The van der Waals surface area contributed by atoms with Crippen LogP contribution in [0.5, 0.6) is 0 Å². The summed E-state index contributed by atoms with van der Waals surface area (Å²) in [6, 6.07) is -1.55. The first-order chi connectivity index (χ1) is 8.81. The molecule has 1 aliphatic rings. The number of carboxylic acid groups (broad SMARTS) is 1. The van der Waals surface area contributed by atoms with Crippen LogP contribution in [0.3, 0.4) is 0 Å². The van der Waals surface area contributed by atoms with Gasteiger partial charge in [0, 0.05) is 26.1 Å². The SMILES string of the molecule is CC(C)C(NC(=O)NC1CCC(=O)N(C)C1)C(=O)O. The van der Waals surface area contributed by atoms with E-state index in [1.165, 1.54) is 0 Å². The first-order valence-electron chi connectivity index (χ1n) is 6.35. The molecule has 7 heteroatoms. The first-order valence-corrected chi connectivity index (χ1v) is 6.35. The quantitative estimate of drug-likeness (QED) is 0.671. The third-order valence-electron chi connectivity index (χ3n) is 3.18. The van der Waals surface area contributed by atoms with E-state index in [-0.39, 0.29) is 17.9 Å². The molecule has 1 rings (SSSR count). The summed E-state index contributed by atoms with van der Waals surface area (Å²) in [4.78, 5) is 35.6. The van der Waals surface area contributed by atoms with Gasteiger partial charge in [0.1, 0.15) is 6.04 Å². The van der Waals surface area contributed by atoms with E-state index in [9.17, 15) is 14.4 Å². The van der Waals surface area contributed by atoms with Crippen LogP contribution in [-0.2, 0) is 9.59 Å². The Morgan fingerprint density at radius 2 is 2.05 bits per heavy atom. The van der Waals surface area contributed by atoms with Crippen molar-refractivity contribution in [3.63, 3.8) is 0 Å². The lowest BCUT2D eigenvalue weighted by molar-refractivity contribution is -0.140. The molecule has 0 spiro atoms. The molecule has 0 aromatic heterocycles. The highest BCUT2D eigenvalue weighted by molar-refractivity contribution is 5.83. The van der Waals surface area contributed by atoms with Gasteiger partial charge in [-0.15, -0.1) is 0 Å². The molecule has 0 bridgehead atoms. The third-order valence-corrected chi connectivity index (χ3v) is 3.18. The molecular formula is C12H21N3O4. The van der Waals surface area contributed by atoms with E-state index < -0.39 is 18.0 Å². The minimum Gasteiger partial charge on any atom is -0.480 e. The molecule has 1 saturated heterocycles. The van der Waals surface area contributed by atoms with Gasteiger partial charge < -0.3 is 20.6 Å². The lowest BCUT2D eigenvalue weighted by Gasteiger charge is -2.30. The van der Waals surface area contributed by atoms with Crippen LogP contribution in [0.15, 0.2) is 0 Å². The highest BCUT2D eigenvalue weighted by atomic mass is 16.4. The molecule has 1 aliphatic heterocycles. The van der Waals surface area contributed by atoms with Crippen LogP contribution in [0, 0.1) is 5.92 Å². The van der Waals surface area contributed by atoms with Crippen molar-refractivity contribution in [3.8, 4) is 0 Å². The van der Waals surface area contributed by atoms with Crippen molar-refractivity contribution in [2.45, 2.75) is 38.8 Å². The topological polar surface area (TPSA) is 98.7 Å². The number of hydrogen-bond donors (Lipinski definition) is 3. The van der Waals surface area contributed by atoms with E-state index in [4.69, 9.17) is 5.11 Å². The number of carboxylic acids is 1. The number of piperidine rings is 1. The van der Waals surface area contributed by atoms with Gasteiger partial charge in [-0.25, -0.2) is 9.59 Å². The van der Waals surface area contributed by atoms with Gasteiger partial charge in [0.15, 0.2) is 0 Å². The highest BCUT2D eigenvalue weighted by Gasteiger charge is 2.27. The monoisotopic (exact) mass is 271 g/mol. The number of urea groups is 1. The summed E-state index contributed by atoms with van der Waals surface area (Å²) in [7, 11) is 1.68. The number of carbonyl (C=O) groups is 3. The van der Waals surface area contributed by atoms with E-state index in [1.807, 2.05) is 0 Å². The molecule has 1 fully saturated rings. The highest BCUT2D eigenvalue weighted by Crippen LogP contribution is 2.09. The lowest BCUT2D eigenvalue weighted by Crippen LogP contribution is -2.54. The van der Waals surface area contributed by atoms with Gasteiger partial charge in [0.2, 0.25) is 5.91 Å². The fourth-order valence-electron chi connectivity index (χ4n) is 2.01. The average Bonchev–Trinajstić information content (AvgIpc) is 2.30. The van der Waals surface area contributed by atoms with E-state index >= 15 is 0 Å². The van der Waals surface area contributed by atoms with E-state index in [2.05, 4.69) is 10.6 Å². The zero-order valence-corrected chi connectivity index (χ0v) is 11.5. The molecule has 7 nitrogen and oxygen atoms in total. The van der Waals surface area contributed by atoms with Crippen molar-refractivity contribution in [3.05, 3.63) is 0 Å². The molecule has 0 aromatic carbocycles. The van der Waals surface area contributed by atoms with Crippen LogP contribution >= 0.6 is 0 Å². The zero-order valence-electron chi connectivity index (χ0n) is 11.5. The zero-order chi connectivity index (χ0) is 14.6. The van der Waals surface area contributed by atoms with Crippen LogP contribution in [-0.4, -0.2) is 53.6 Å². The Morgan fingerprint density at radius 3 is 2.53 bits per heavy atom. The number of carbonyl (C=O) groups excluding carboxylic acids is 2. The van der Waals surface area contributed by atoms with Crippen molar-refractivity contribution in [2.75, 3.05) is 13.6 Å². The second kappa shape index (κ2) is 6.40. The average molecular weight is 271 g/mol. The van der Waals surface area contributed by atoms with Crippen LogP contribution in [0.25, 0.3) is 0 Å². The fraction of sp³-hybridized carbons (Fsp3) is 0.750. The van der Waals surface area contributed by atoms with Gasteiger partial charge in [-0.1, -0.05) is 13.8 Å². The summed E-state index contributed by atoms with van der Waals surface area (Å²) in [6.45, 7) is 3.91. The van der Waals surface area contributed by atoms with Crippen molar-refractivity contribution in [1.29, 1.82) is 0 Å². The number of likely N-dealkylation sites (N-methyl/N-ethyl adjacent to an activating group) is 1. The number of amides is 3. The smallest absolute Gasteiger partial charge is 0.326 e. The minimum atomic E-state index is -1.05. The maximum Gasteiger partial charge on any atom is 0.326 e. The predicted octanol–water partition coefficient (Wildman–Crippen LogP) is 0.0156. The Kier molecular flexibility index (Phi) is 5.14. The van der Waals surface area contributed by atoms with Gasteiger partial charge in [-0.2, -0.15) is 0 Å². The molecule has 2 atom stereocenters. The molecule has 0 aliphatic carbocycles. The van der Waals surface area contributed by atoms with Gasteiger partial charge in [-0.3, -0.25) is 4.79 Å². The first kappa shape index (κ1) is 15.3. The maximum atomic E-state index is 11.7. The van der Waals surface area contributed by atoms with Crippen molar-refractivity contribution in [1.82, 2.24) is 15.5 Å². The largest absolute Gasteiger partial charge is 0.480 e. The Hall–Kier alpha value is -1.79. The Balaban J connectivity index is 2.47. The second-order valence-electron chi connectivity index (χ2n) is 5.19. The standard InChI is InChI=1S/C12H21N3O4/c1-7(2)10(11(17)18)14-12(19)13-8-4-5-9(16)15(3)6-8/h7-8,10H,4-6H2,1-3H3,(H,17,18)(H2,13,14,19). The molecule has 0 radical (unpaired) electrons. The van der Waals surface area contributed by atoms with Crippen molar-refractivity contribution < 1.29 is 19.5 Å². The van der Waals surface area contributed by atoms with E-state index in [0.29, 0.717) is 19.4 Å². The van der Waals surface area contributed by atoms with Crippen LogP contribution in [0.2, 0.25) is 0 Å².